The van der Waals surface area contributed by atoms with E-state index in [9.17, 15) is 4.79 Å². The maximum Gasteiger partial charge on any atom is 0.330 e. The predicted molar refractivity (Wildman–Crippen MR) is 45.4 cm³/mol. The number of carbonyl (C=O) groups is 1. The summed E-state index contributed by atoms with van der Waals surface area (Å²) in [7, 11) is 1.36. The van der Waals surface area contributed by atoms with Crippen LogP contribution in [0.25, 0.3) is 6.08 Å². The molecule has 0 unspecified atom stereocenters. The number of methoxy groups -OCH3 is 1. The lowest BCUT2D eigenvalue weighted by molar-refractivity contribution is -0.134. The van der Waals surface area contributed by atoms with Crippen LogP contribution in [0.5, 0.6) is 0 Å². The fourth-order valence-corrected chi connectivity index (χ4v) is 1.23. The zero-order valence-corrected chi connectivity index (χ0v) is 6.93. The van der Waals surface area contributed by atoms with Gasteiger partial charge in [0.1, 0.15) is 0 Å². The van der Waals surface area contributed by atoms with Crippen LogP contribution in [0, 0.1) is 0 Å². The topological polar surface area (TPSA) is 26.3 Å². The molecule has 2 nitrogen and oxygen atoms in total. The fourth-order valence-electron chi connectivity index (χ4n) is 0.602. The minimum atomic E-state index is -0.323. The van der Waals surface area contributed by atoms with Gasteiger partial charge in [0.25, 0.3) is 0 Å². The lowest BCUT2D eigenvalue weighted by Crippen LogP contribution is -1.92. The zero-order valence-electron chi connectivity index (χ0n) is 6.11. The lowest BCUT2D eigenvalue weighted by atomic mass is 10.3. The van der Waals surface area contributed by atoms with Gasteiger partial charge in [0.15, 0.2) is 0 Å². The van der Waals surface area contributed by atoms with Crippen molar-refractivity contribution in [3.8, 4) is 0 Å². The van der Waals surface area contributed by atoms with Gasteiger partial charge in [-0.1, -0.05) is 0 Å². The van der Waals surface area contributed by atoms with Crippen molar-refractivity contribution in [3.05, 3.63) is 28.5 Å². The van der Waals surface area contributed by atoms with Crippen LogP contribution in [0.3, 0.4) is 0 Å². The van der Waals surface area contributed by atoms with Crippen molar-refractivity contribution < 1.29 is 9.53 Å². The molecule has 0 fully saturated rings. The second-order valence-corrected chi connectivity index (χ2v) is 2.69. The first-order valence-electron chi connectivity index (χ1n) is 3.11. The maximum atomic E-state index is 10.6. The molecule has 0 spiro atoms. The number of esters is 1. The number of hydrogen-bond donors (Lipinski definition) is 0. The molecule has 0 aliphatic rings. The Morgan fingerprint density at radius 2 is 2.55 bits per heavy atom. The number of rotatable bonds is 2. The summed E-state index contributed by atoms with van der Waals surface area (Å²) in [5, 5.41) is 3.91. The second kappa shape index (κ2) is 3.93. The summed E-state index contributed by atoms with van der Waals surface area (Å²) in [6.07, 6.45) is 3.13. The lowest BCUT2D eigenvalue weighted by Gasteiger charge is -1.87. The Labute approximate surface area is 69.1 Å². The van der Waals surface area contributed by atoms with Gasteiger partial charge in [-0.25, -0.2) is 4.79 Å². The molecule has 1 aromatic heterocycles. The molecule has 0 aliphatic carbocycles. The van der Waals surface area contributed by atoms with Crippen molar-refractivity contribution >= 4 is 23.4 Å². The molecule has 58 valence electrons. The monoisotopic (exact) mass is 168 g/mol. The zero-order chi connectivity index (χ0) is 8.10. The van der Waals surface area contributed by atoms with E-state index >= 15 is 0 Å². The Bertz CT molecular complexity index is 249. The van der Waals surface area contributed by atoms with Crippen LogP contribution in [0.1, 0.15) is 5.56 Å². The van der Waals surface area contributed by atoms with Crippen molar-refractivity contribution in [1.29, 1.82) is 0 Å². The summed E-state index contributed by atoms with van der Waals surface area (Å²) in [4.78, 5) is 10.6. The van der Waals surface area contributed by atoms with Crippen molar-refractivity contribution in [2.24, 2.45) is 0 Å². The Kier molecular flexibility index (Phi) is 2.86. The van der Waals surface area contributed by atoms with Crippen LogP contribution in [-0.4, -0.2) is 13.1 Å². The standard InChI is InChI=1S/C8H8O2S/c1-10-8(9)3-2-7-4-5-11-6-7/h2-6H,1H3/b3-2+. The summed E-state index contributed by atoms with van der Waals surface area (Å²) in [6.45, 7) is 0. The maximum absolute atomic E-state index is 10.6. The van der Waals surface area contributed by atoms with Crippen LogP contribution < -0.4 is 0 Å². The highest BCUT2D eigenvalue weighted by molar-refractivity contribution is 7.08. The van der Waals surface area contributed by atoms with Gasteiger partial charge in [0.2, 0.25) is 0 Å². The first kappa shape index (κ1) is 8.01. The van der Waals surface area contributed by atoms with Gasteiger partial charge in [0, 0.05) is 6.08 Å². The summed E-state index contributed by atoms with van der Waals surface area (Å²) >= 11 is 1.60. The Hall–Kier alpha value is -1.09. The Morgan fingerprint density at radius 1 is 1.73 bits per heavy atom. The predicted octanol–water partition coefficient (Wildman–Crippen LogP) is 1.93. The average molecular weight is 168 g/mol. The van der Waals surface area contributed by atoms with E-state index in [4.69, 9.17) is 0 Å². The van der Waals surface area contributed by atoms with Gasteiger partial charge in [-0.15, -0.1) is 0 Å². The molecular weight excluding hydrogens is 160 g/mol. The first-order chi connectivity index (χ1) is 5.33. The van der Waals surface area contributed by atoms with Crippen LogP contribution in [0.4, 0.5) is 0 Å². The van der Waals surface area contributed by atoms with Crippen molar-refractivity contribution in [2.75, 3.05) is 7.11 Å². The SMILES string of the molecule is COC(=O)/C=C/c1ccsc1. The van der Waals surface area contributed by atoms with Crippen LogP contribution in [0.15, 0.2) is 22.9 Å². The molecule has 11 heavy (non-hydrogen) atoms. The van der Waals surface area contributed by atoms with E-state index in [0.29, 0.717) is 0 Å². The number of hydrogen-bond acceptors (Lipinski definition) is 3. The molecule has 1 rings (SSSR count). The van der Waals surface area contributed by atoms with Gasteiger partial charge in [-0.3, -0.25) is 0 Å². The molecule has 0 N–H and O–H groups in total. The second-order valence-electron chi connectivity index (χ2n) is 1.91. The minimum Gasteiger partial charge on any atom is -0.466 e. The average Bonchev–Trinajstić information content (AvgIpc) is 2.52. The highest BCUT2D eigenvalue weighted by Crippen LogP contribution is 2.07. The van der Waals surface area contributed by atoms with Gasteiger partial charge >= 0.3 is 5.97 Å². The fraction of sp³-hybridized carbons (Fsp3) is 0.125. The molecule has 1 heterocycles. The third kappa shape index (κ3) is 2.55. The van der Waals surface area contributed by atoms with Crippen LogP contribution >= 0.6 is 11.3 Å². The number of carbonyl (C=O) groups excluding carboxylic acids is 1. The molecule has 0 atom stereocenters. The highest BCUT2D eigenvalue weighted by Gasteiger charge is 1.90. The van der Waals surface area contributed by atoms with Gasteiger partial charge in [-0.2, -0.15) is 11.3 Å². The van der Waals surface area contributed by atoms with E-state index in [-0.39, 0.29) is 5.97 Å². The number of thiophene rings is 1. The van der Waals surface area contributed by atoms with Crippen LogP contribution in [-0.2, 0) is 9.53 Å². The van der Waals surface area contributed by atoms with E-state index in [1.54, 1.807) is 17.4 Å². The molecule has 0 aliphatic heterocycles. The minimum absolute atomic E-state index is 0.323. The first-order valence-corrected chi connectivity index (χ1v) is 4.05. The molecule has 0 radical (unpaired) electrons. The molecule has 0 saturated heterocycles. The van der Waals surface area contributed by atoms with E-state index in [1.807, 2.05) is 16.8 Å². The van der Waals surface area contributed by atoms with Gasteiger partial charge < -0.3 is 4.74 Å². The molecule has 1 aromatic rings. The van der Waals surface area contributed by atoms with E-state index < -0.39 is 0 Å². The molecular formula is C8H8O2S. The van der Waals surface area contributed by atoms with E-state index in [1.165, 1.54) is 13.2 Å². The van der Waals surface area contributed by atoms with Crippen molar-refractivity contribution in [3.63, 3.8) is 0 Å². The Balaban J connectivity index is 2.55. The van der Waals surface area contributed by atoms with Crippen LogP contribution in [0.2, 0.25) is 0 Å². The van der Waals surface area contributed by atoms with E-state index in [2.05, 4.69) is 4.74 Å². The summed E-state index contributed by atoms with van der Waals surface area (Å²) in [5.74, 6) is -0.323. The third-order valence-electron chi connectivity index (χ3n) is 1.16. The third-order valence-corrected chi connectivity index (χ3v) is 1.86. The van der Waals surface area contributed by atoms with Crippen molar-refractivity contribution in [2.45, 2.75) is 0 Å². The summed E-state index contributed by atoms with van der Waals surface area (Å²) < 4.78 is 4.43. The highest BCUT2D eigenvalue weighted by atomic mass is 32.1. The van der Waals surface area contributed by atoms with Crippen molar-refractivity contribution in [1.82, 2.24) is 0 Å². The molecule has 0 saturated carbocycles. The van der Waals surface area contributed by atoms with Gasteiger partial charge in [-0.05, 0) is 28.5 Å². The quantitative estimate of drug-likeness (QED) is 0.498. The normalized spacial score (nSPS) is 10.3. The van der Waals surface area contributed by atoms with E-state index in [0.717, 1.165) is 5.56 Å². The summed E-state index contributed by atoms with van der Waals surface area (Å²) in [5.41, 5.74) is 1.03. The largest absolute Gasteiger partial charge is 0.466 e. The molecule has 0 amide bonds. The number of ether oxygens (including phenoxy) is 1. The molecule has 0 bridgehead atoms. The summed E-state index contributed by atoms with van der Waals surface area (Å²) in [6, 6.07) is 1.93. The Morgan fingerprint density at radius 3 is 3.09 bits per heavy atom. The molecule has 0 aromatic carbocycles. The van der Waals surface area contributed by atoms with Gasteiger partial charge in [0.05, 0.1) is 7.11 Å². The molecule has 3 heteroatoms. The smallest absolute Gasteiger partial charge is 0.330 e.